The number of hydrogen-bond donors (Lipinski definition) is 0. The monoisotopic (exact) mass is 274 g/mol. The fourth-order valence-corrected chi connectivity index (χ4v) is 7.66. The summed E-state index contributed by atoms with van der Waals surface area (Å²) in [6.45, 7) is 7.87. The van der Waals surface area contributed by atoms with Gasteiger partial charge in [0.2, 0.25) is 0 Å². The Bertz CT molecular complexity index is 385. The summed E-state index contributed by atoms with van der Waals surface area (Å²) >= 11 is 0. The Morgan fingerprint density at radius 1 is 0.800 bits per heavy atom. The van der Waals surface area contributed by atoms with Gasteiger partial charge in [-0.2, -0.15) is 0 Å². The van der Waals surface area contributed by atoms with Crippen molar-refractivity contribution in [3.05, 3.63) is 0 Å². The van der Waals surface area contributed by atoms with E-state index in [1.54, 1.807) is 44.9 Å². The maximum absolute atomic E-state index is 2.71. The Morgan fingerprint density at radius 3 is 2.45 bits per heavy atom. The van der Waals surface area contributed by atoms with E-state index in [0.717, 1.165) is 35.0 Å². The van der Waals surface area contributed by atoms with Crippen molar-refractivity contribution in [3.63, 3.8) is 0 Å². The molecule has 0 radical (unpaired) electrons. The smallest absolute Gasteiger partial charge is 0.0264 e. The summed E-state index contributed by atoms with van der Waals surface area (Å²) < 4.78 is 0. The SMILES string of the molecule is CC1CC[C@@H]2CC[C@H]3[C@@H]4CCC[C@@]4(C)CC[C@@H]3[C@@]2(C)C1. The average molecular weight is 274 g/mol. The van der Waals surface area contributed by atoms with Crippen molar-refractivity contribution >= 4 is 0 Å². The van der Waals surface area contributed by atoms with Crippen molar-refractivity contribution < 1.29 is 0 Å². The second-order valence-corrected chi connectivity index (χ2v) is 9.63. The van der Waals surface area contributed by atoms with Crippen LogP contribution in [0.2, 0.25) is 0 Å². The molecule has 114 valence electrons. The minimum absolute atomic E-state index is 0.713. The lowest BCUT2D eigenvalue weighted by atomic mass is 9.44. The van der Waals surface area contributed by atoms with Crippen molar-refractivity contribution in [2.75, 3.05) is 0 Å². The van der Waals surface area contributed by atoms with Crippen LogP contribution in [0.5, 0.6) is 0 Å². The molecule has 0 aromatic heterocycles. The fraction of sp³-hybridized carbons (Fsp3) is 1.00. The highest BCUT2D eigenvalue weighted by Gasteiger charge is 2.57. The normalized spacial score (nSPS) is 58.6. The highest BCUT2D eigenvalue weighted by molar-refractivity contribution is 5.07. The van der Waals surface area contributed by atoms with Crippen LogP contribution in [0.3, 0.4) is 0 Å². The molecule has 4 aliphatic carbocycles. The third-order valence-corrected chi connectivity index (χ3v) is 8.64. The van der Waals surface area contributed by atoms with Crippen molar-refractivity contribution in [3.8, 4) is 0 Å². The molecular weight excluding hydrogens is 240 g/mol. The van der Waals surface area contributed by atoms with E-state index in [4.69, 9.17) is 0 Å². The third-order valence-electron chi connectivity index (χ3n) is 8.64. The first kappa shape index (κ1) is 13.6. The molecule has 20 heavy (non-hydrogen) atoms. The summed E-state index contributed by atoms with van der Waals surface area (Å²) in [5.74, 6) is 5.34. The second kappa shape index (κ2) is 4.50. The van der Waals surface area contributed by atoms with Crippen LogP contribution in [0.25, 0.3) is 0 Å². The lowest BCUT2D eigenvalue weighted by molar-refractivity contribution is -0.111. The number of fused-ring (bicyclic) bond motifs is 5. The molecule has 0 aromatic rings. The molecule has 0 nitrogen and oxygen atoms in total. The minimum Gasteiger partial charge on any atom is -0.0625 e. The highest BCUT2D eigenvalue weighted by atomic mass is 14.6. The fourth-order valence-electron chi connectivity index (χ4n) is 7.66. The molecule has 0 aromatic carbocycles. The third kappa shape index (κ3) is 1.78. The van der Waals surface area contributed by atoms with E-state index in [2.05, 4.69) is 20.8 Å². The Morgan fingerprint density at radius 2 is 1.60 bits per heavy atom. The van der Waals surface area contributed by atoms with Crippen LogP contribution < -0.4 is 0 Å². The maximum Gasteiger partial charge on any atom is -0.0264 e. The van der Waals surface area contributed by atoms with E-state index in [9.17, 15) is 0 Å². The molecule has 4 rings (SSSR count). The van der Waals surface area contributed by atoms with Gasteiger partial charge in [-0.15, -0.1) is 0 Å². The molecule has 1 unspecified atom stereocenters. The van der Waals surface area contributed by atoms with E-state index in [0.29, 0.717) is 5.41 Å². The van der Waals surface area contributed by atoms with Crippen LogP contribution in [-0.4, -0.2) is 0 Å². The van der Waals surface area contributed by atoms with Gasteiger partial charge in [0.1, 0.15) is 0 Å². The standard InChI is InChI=1S/C20H34/c1-14-6-7-15-8-9-16-17-5-4-11-19(17,2)12-10-18(16)20(15,3)13-14/h14-18H,4-13H2,1-3H3/t14?,15-,16+,17+,18+,19+,20+/m1/s1. The first-order valence-corrected chi connectivity index (χ1v) is 9.53. The second-order valence-electron chi connectivity index (χ2n) is 9.63. The summed E-state index contributed by atoms with van der Waals surface area (Å²) in [6.07, 6.45) is 15.5. The molecule has 0 heterocycles. The van der Waals surface area contributed by atoms with Gasteiger partial charge in [-0.05, 0) is 91.8 Å². The van der Waals surface area contributed by atoms with Crippen LogP contribution in [0.1, 0.15) is 85.0 Å². The van der Waals surface area contributed by atoms with Crippen LogP contribution in [-0.2, 0) is 0 Å². The molecule has 0 spiro atoms. The van der Waals surface area contributed by atoms with Gasteiger partial charge < -0.3 is 0 Å². The van der Waals surface area contributed by atoms with Gasteiger partial charge in [0.25, 0.3) is 0 Å². The Labute approximate surface area is 126 Å². The van der Waals surface area contributed by atoms with Crippen molar-refractivity contribution in [2.24, 2.45) is 40.4 Å². The predicted octanol–water partition coefficient (Wildman–Crippen LogP) is 6.06. The largest absolute Gasteiger partial charge is 0.0625 e. The molecule has 4 fully saturated rings. The minimum atomic E-state index is 0.713. The Kier molecular flexibility index (Phi) is 3.07. The van der Waals surface area contributed by atoms with Crippen LogP contribution in [0.4, 0.5) is 0 Å². The van der Waals surface area contributed by atoms with E-state index in [1.165, 1.54) is 19.3 Å². The van der Waals surface area contributed by atoms with E-state index >= 15 is 0 Å². The van der Waals surface area contributed by atoms with Crippen molar-refractivity contribution in [1.82, 2.24) is 0 Å². The average Bonchev–Trinajstić information content (AvgIpc) is 2.79. The molecular formula is C20H34. The zero-order chi connectivity index (χ0) is 14.0. The van der Waals surface area contributed by atoms with Crippen molar-refractivity contribution in [1.29, 1.82) is 0 Å². The maximum atomic E-state index is 2.71. The topological polar surface area (TPSA) is 0 Å². The summed E-state index contributed by atoms with van der Waals surface area (Å²) in [7, 11) is 0. The van der Waals surface area contributed by atoms with Crippen molar-refractivity contribution in [2.45, 2.75) is 85.0 Å². The summed E-state index contributed by atoms with van der Waals surface area (Å²) in [5.41, 5.74) is 1.45. The lowest BCUT2D eigenvalue weighted by Crippen LogP contribution is -2.52. The molecule has 0 heteroatoms. The highest BCUT2D eigenvalue weighted by Crippen LogP contribution is 2.66. The van der Waals surface area contributed by atoms with Crippen LogP contribution in [0, 0.1) is 40.4 Å². The summed E-state index contributed by atoms with van der Waals surface area (Å²) in [5, 5.41) is 0. The summed E-state index contributed by atoms with van der Waals surface area (Å²) in [6, 6.07) is 0. The van der Waals surface area contributed by atoms with Gasteiger partial charge >= 0.3 is 0 Å². The van der Waals surface area contributed by atoms with E-state index in [-0.39, 0.29) is 0 Å². The Hall–Kier alpha value is 0. The summed E-state index contributed by atoms with van der Waals surface area (Å²) in [4.78, 5) is 0. The zero-order valence-electron chi connectivity index (χ0n) is 14.0. The van der Waals surface area contributed by atoms with Gasteiger partial charge in [0, 0.05) is 0 Å². The molecule has 4 aliphatic rings. The number of hydrogen-bond acceptors (Lipinski definition) is 0. The first-order chi connectivity index (χ1) is 9.53. The van der Waals surface area contributed by atoms with Crippen LogP contribution in [0.15, 0.2) is 0 Å². The van der Waals surface area contributed by atoms with Gasteiger partial charge in [-0.1, -0.05) is 33.6 Å². The van der Waals surface area contributed by atoms with E-state index < -0.39 is 0 Å². The lowest BCUT2D eigenvalue weighted by Gasteiger charge is -2.60. The number of rotatable bonds is 0. The molecule has 0 N–H and O–H groups in total. The van der Waals surface area contributed by atoms with Crippen LogP contribution >= 0.6 is 0 Å². The molecule has 0 aliphatic heterocycles. The molecule has 0 amide bonds. The molecule has 0 saturated heterocycles. The molecule has 7 atom stereocenters. The Balaban J connectivity index is 1.64. The van der Waals surface area contributed by atoms with Gasteiger partial charge in [-0.25, -0.2) is 0 Å². The quantitative estimate of drug-likeness (QED) is 0.504. The molecule has 4 saturated carbocycles. The first-order valence-electron chi connectivity index (χ1n) is 9.53. The predicted molar refractivity (Wildman–Crippen MR) is 85.5 cm³/mol. The van der Waals surface area contributed by atoms with Gasteiger partial charge in [0.15, 0.2) is 0 Å². The molecule has 0 bridgehead atoms. The van der Waals surface area contributed by atoms with E-state index in [1.807, 2.05) is 0 Å². The van der Waals surface area contributed by atoms with Gasteiger partial charge in [-0.3, -0.25) is 0 Å². The zero-order valence-corrected chi connectivity index (χ0v) is 14.0. The van der Waals surface area contributed by atoms with Gasteiger partial charge in [0.05, 0.1) is 0 Å².